The normalized spacial score (nSPS) is 11.3. The van der Waals surface area contributed by atoms with Crippen LogP contribution in [0.3, 0.4) is 0 Å². The third-order valence-electron chi connectivity index (χ3n) is 2.40. The van der Waals surface area contributed by atoms with Crippen molar-refractivity contribution in [2.24, 2.45) is 5.73 Å². The molecule has 0 radical (unpaired) electrons. The zero-order valence-electron chi connectivity index (χ0n) is 9.68. The van der Waals surface area contributed by atoms with Crippen LogP contribution in [-0.2, 0) is 6.54 Å². The summed E-state index contributed by atoms with van der Waals surface area (Å²) in [6.45, 7) is 1.11. The van der Waals surface area contributed by atoms with Crippen molar-refractivity contribution in [1.82, 2.24) is 10.3 Å². The van der Waals surface area contributed by atoms with Gasteiger partial charge in [0.15, 0.2) is 0 Å². The van der Waals surface area contributed by atoms with Crippen LogP contribution in [0, 0.1) is 0 Å². The van der Waals surface area contributed by atoms with E-state index in [1.807, 2.05) is 0 Å². The molecule has 0 saturated heterocycles. The first-order chi connectivity index (χ1) is 8.04. The Morgan fingerprint density at radius 3 is 2.71 bits per heavy atom. The molecule has 0 aliphatic carbocycles. The highest BCUT2D eigenvalue weighted by Gasteiger charge is 2.25. The number of aromatic nitrogens is 1. The van der Waals surface area contributed by atoms with Crippen LogP contribution < -0.4 is 11.1 Å². The number of hydrogen-bond donors (Lipinski definition) is 4. The van der Waals surface area contributed by atoms with Gasteiger partial charge in [-0.2, -0.15) is 0 Å². The number of aliphatic hydroxyl groups excluding tert-OH is 2. The third-order valence-corrected chi connectivity index (χ3v) is 2.40. The van der Waals surface area contributed by atoms with Crippen molar-refractivity contribution in [2.75, 3.05) is 13.2 Å². The van der Waals surface area contributed by atoms with Gasteiger partial charge in [0.2, 0.25) is 0 Å². The molecule has 6 nitrogen and oxygen atoms in total. The van der Waals surface area contributed by atoms with Crippen LogP contribution in [0.25, 0.3) is 0 Å². The molecular weight excluding hydrogens is 222 g/mol. The first-order valence-electron chi connectivity index (χ1n) is 5.24. The maximum Gasteiger partial charge on any atom is 0.251 e. The average molecular weight is 239 g/mol. The van der Waals surface area contributed by atoms with Gasteiger partial charge in [0.05, 0.1) is 24.4 Å². The van der Waals surface area contributed by atoms with E-state index in [1.165, 1.54) is 6.20 Å². The average Bonchev–Trinajstić information content (AvgIpc) is 2.38. The van der Waals surface area contributed by atoms with E-state index in [0.29, 0.717) is 11.3 Å². The van der Waals surface area contributed by atoms with Crippen molar-refractivity contribution in [3.05, 3.63) is 29.6 Å². The van der Waals surface area contributed by atoms with Gasteiger partial charge in [0.25, 0.3) is 5.91 Å². The number of carbonyl (C=O) groups excluding carboxylic acids is 1. The van der Waals surface area contributed by atoms with E-state index >= 15 is 0 Å². The molecular formula is C11H17N3O3. The second-order valence-electron chi connectivity index (χ2n) is 4.07. The Morgan fingerprint density at radius 2 is 2.18 bits per heavy atom. The maximum atomic E-state index is 11.8. The van der Waals surface area contributed by atoms with E-state index in [9.17, 15) is 4.79 Å². The molecule has 0 aliphatic rings. The number of nitrogens with zero attached hydrogens (tertiary/aromatic N) is 1. The van der Waals surface area contributed by atoms with Gasteiger partial charge in [-0.25, -0.2) is 0 Å². The lowest BCUT2D eigenvalue weighted by molar-refractivity contribution is 0.0723. The molecule has 0 fully saturated rings. The zero-order chi connectivity index (χ0) is 12.9. The fourth-order valence-corrected chi connectivity index (χ4v) is 1.21. The minimum atomic E-state index is -1.04. The molecule has 1 amide bonds. The fourth-order valence-electron chi connectivity index (χ4n) is 1.21. The molecule has 17 heavy (non-hydrogen) atoms. The van der Waals surface area contributed by atoms with Crippen LogP contribution in [-0.4, -0.2) is 39.9 Å². The van der Waals surface area contributed by atoms with Gasteiger partial charge >= 0.3 is 0 Å². The molecule has 0 saturated carbocycles. The lowest BCUT2D eigenvalue weighted by Gasteiger charge is -2.26. The quantitative estimate of drug-likeness (QED) is 0.528. The highest BCUT2D eigenvalue weighted by atomic mass is 16.3. The van der Waals surface area contributed by atoms with Crippen molar-refractivity contribution >= 4 is 5.91 Å². The molecule has 0 atom stereocenters. The van der Waals surface area contributed by atoms with Gasteiger partial charge < -0.3 is 21.3 Å². The van der Waals surface area contributed by atoms with E-state index in [0.717, 1.165) is 0 Å². The number of hydrogen-bond acceptors (Lipinski definition) is 5. The highest BCUT2D eigenvalue weighted by molar-refractivity contribution is 5.94. The van der Waals surface area contributed by atoms with Crippen molar-refractivity contribution < 1.29 is 15.0 Å². The third kappa shape index (κ3) is 3.48. The molecule has 0 unspecified atom stereocenters. The molecule has 0 spiro atoms. The Hall–Kier alpha value is -1.50. The van der Waals surface area contributed by atoms with Crippen molar-refractivity contribution in [2.45, 2.75) is 19.0 Å². The van der Waals surface area contributed by atoms with Gasteiger partial charge in [-0.1, -0.05) is 0 Å². The number of carbonyl (C=O) groups is 1. The van der Waals surface area contributed by atoms with Gasteiger partial charge in [0, 0.05) is 18.3 Å². The number of amides is 1. The zero-order valence-corrected chi connectivity index (χ0v) is 9.68. The summed E-state index contributed by atoms with van der Waals surface area (Å²) in [5.74, 6) is -0.382. The summed E-state index contributed by atoms with van der Waals surface area (Å²) in [5.41, 5.74) is 5.39. The van der Waals surface area contributed by atoms with Crippen LogP contribution in [0.4, 0.5) is 0 Å². The minimum absolute atomic E-state index is 0.248. The van der Waals surface area contributed by atoms with E-state index in [2.05, 4.69) is 10.3 Å². The molecule has 0 aliphatic heterocycles. The summed E-state index contributed by atoms with van der Waals surface area (Å²) in [5, 5.41) is 20.7. The summed E-state index contributed by atoms with van der Waals surface area (Å²) in [6.07, 6.45) is 1.49. The number of aliphatic hydroxyl groups is 2. The Balaban J connectivity index is 2.82. The number of nitrogens with two attached hydrogens (primary N) is 1. The smallest absolute Gasteiger partial charge is 0.251 e. The summed E-state index contributed by atoms with van der Waals surface area (Å²) in [4.78, 5) is 15.8. The SMILES string of the molecule is CC(CO)(CO)NC(=O)c1ccnc(CN)c1. The Kier molecular flexibility index (Phi) is 4.56. The van der Waals surface area contributed by atoms with Crippen molar-refractivity contribution in [3.63, 3.8) is 0 Å². The molecule has 94 valence electrons. The number of rotatable bonds is 5. The van der Waals surface area contributed by atoms with Crippen LogP contribution >= 0.6 is 0 Å². The van der Waals surface area contributed by atoms with Gasteiger partial charge in [-0.05, 0) is 19.1 Å². The van der Waals surface area contributed by atoms with E-state index in [1.54, 1.807) is 19.1 Å². The predicted octanol–water partition coefficient (Wildman–Crippen LogP) is -0.987. The molecule has 0 aromatic carbocycles. The largest absolute Gasteiger partial charge is 0.394 e. The fraction of sp³-hybridized carbons (Fsp3) is 0.455. The van der Waals surface area contributed by atoms with E-state index in [4.69, 9.17) is 15.9 Å². The Bertz CT molecular complexity index is 391. The van der Waals surface area contributed by atoms with Crippen LogP contribution in [0.2, 0.25) is 0 Å². The summed E-state index contributed by atoms with van der Waals surface area (Å²) >= 11 is 0. The molecule has 5 N–H and O–H groups in total. The molecule has 1 heterocycles. The summed E-state index contributed by atoms with van der Waals surface area (Å²) in [6, 6.07) is 3.12. The standard InChI is InChI=1S/C11H17N3O3/c1-11(6-15,7-16)14-10(17)8-2-3-13-9(4-8)5-12/h2-4,15-16H,5-7,12H2,1H3,(H,14,17). The lowest BCUT2D eigenvalue weighted by atomic mass is 10.0. The molecule has 1 aromatic heterocycles. The van der Waals surface area contributed by atoms with E-state index in [-0.39, 0.29) is 25.7 Å². The highest BCUT2D eigenvalue weighted by Crippen LogP contribution is 2.06. The molecule has 0 bridgehead atoms. The van der Waals surface area contributed by atoms with Crippen LogP contribution in [0.15, 0.2) is 18.3 Å². The topological polar surface area (TPSA) is 108 Å². The van der Waals surface area contributed by atoms with Crippen molar-refractivity contribution in [1.29, 1.82) is 0 Å². The minimum Gasteiger partial charge on any atom is -0.394 e. The Morgan fingerprint density at radius 1 is 1.53 bits per heavy atom. The Labute approximate surface area is 99.5 Å². The first kappa shape index (κ1) is 13.6. The van der Waals surface area contributed by atoms with Gasteiger partial charge in [-0.3, -0.25) is 9.78 Å². The van der Waals surface area contributed by atoms with Gasteiger partial charge in [-0.15, -0.1) is 0 Å². The number of nitrogens with one attached hydrogen (secondary N) is 1. The molecule has 1 aromatic rings. The van der Waals surface area contributed by atoms with Crippen LogP contribution in [0.1, 0.15) is 23.0 Å². The summed E-state index contributed by atoms with van der Waals surface area (Å²) in [7, 11) is 0. The molecule has 6 heteroatoms. The predicted molar refractivity (Wildman–Crippen MR) is 62.2 cm³/mol. The first-order valence-corrected chi connectivity index (χ1v) is 5.24. The van der Waals surface area contributed by atoms with Crippen molar-refractivity contribution in [3.8, 4) is 0 Å². The second-order valence-corrected chi connectivity index (χ2v) is 4.07. The molecule has 1 rings (SSSR count). The van der Waals surface area contributed by atoms with Gasteiger partial charge in [0.1, 0.15) is 0 Å². The maximum absolute atomic E-state index is 11.8. The second kappa shape index (κ2) is 5.72. The lowest BCUT2D eigenvalue weighted by Crippen LogP contribution is -2.51. The monoisotopic (exact) mass is 239 g/mol. The summed E-state index contributed by atoms with van der Waals surface area (Å²) < 4.78 is 0. The number of pyridine rings is 1. The van der Waals surface area contributed by atoms with E-state index < -0.39 is 5.54 Å². The van der Waals surface area contributed by atoms with Crippen LogP contribution in [0.5, 0.6) is 0 Å².